The molecule has 0 amide bonds. The van der Waals surface area contributed by atoms with Crippen LogP contribution in [-0.4, -0.2) is 11.8 Å². The van der Waals surface area contributed by atoms with Crippen molar-refractivity contribution in [2.45, 2.75) is 40.0 Å². The SMILES string of the molecule is CC1(C)[C@H]2CC[C@]1(C)C(=O)/C2=C/[C@@H](Cc1ccccc1)C(=O)[O-]. The highest BCUT2D eigenvalue weighted by atomic mass is 16.4. The summed E-state index contributed by atoms with van der Waals surface area (Å²) in [5.74, 6) is -1.56. The number of benzene rings is 1. The second-order valence-corrected chi connectivity index (χ2v) is 7.71. The van der Waals surface area contributed by atoms with Crippen molar-refractivity contribution in [1.29, 1.82) is 0 Å². The molecule has 3 atom stereocenters. The summed E-state index contributed by atoms with van der Waals surface area (Å²) in [7, 11) is 0. The van der Waals surface area contributed by atoms with Crippen LogP contribution in [0.5, 0.6) is 0 Å². The Balaban J connectivity index is 1.93. The van der Waals surface area contributed by atoms with Gasteiger partial charge in [-0.3, -0.25) is 4.79 Å². The number of fused-ring (bicyclic) bond motifs is 2. The van der Waals surface area contributed by atoms with Crippen LogP contribution in [0.25, 0.3) is 0 Å². The number of carbonyl (C=O) groups excluding carboxylic acids is 2. The van der Waals surface area contributed by atoms with Crippen molar-refractivity contribution < 1.29 is 14.7 Å². The minimum absolute atomic E-state index is 0.0981. The molecule has 3 heteroatoms. The molecule has 0 heterocycles. The van der Waals surface area contributed by atoms with E-state index >= 15 is 0 Å². The molecule has 0 aromatic heterocycles. The van der Waals surface area contributed by atoms with Crippen molar-refractivity contribution in [3.63, 3.8) is 0 Å². The summed E-state index contributed by atoms with van der Waals surface area (Å²) in [4.78, 5) is 24.4. The molecule has 0 saturated heterocycles. The maximum atomic E-state index is 12.8. The molecule has 2 saturated carbocycles. The standard InChI is InChI=1S/C20H24O3/c1-19(2)16-9-10-20(19,3)17(21)15(16)12-14(18(22)23)11-13-7-5-4-6-8-13/h4-8,12,14,16H,9-11H2,1-3H3,(H,22,23)/p-1/b15-12+/t14-,16+,20-/m1/s1. The zero-order chi connectivity index (χ0) is 16.8. The molecule has 0 aliphatic heterocycles. The molecule has 1 aromatic carbocycles. The Bertz CT molecular complexity index is 671. The number of hydrogen-bond acceptors (Lipinski definition) is 3. The smallest absolute Gasteiger partial charge is 0.165 e. The van der Waals surface area contributed by atoms with Crippen molar-refractivity contribution in [3.05, 3.63) is 47.5 Å². The molecule has 3 nitrogen and oxygen atoms in total. The fraction of sp³-hybridized carbons (Fsp3) is 0.500. The number of allylic oxidation sites excluding steroid dienone is 1. The number of carboxylic acids is 1. The third-order valence-electron chi connectivity index (χ3n) is 6.35. The van der Waals surface area contributed by atoms with E-state index in [2.05, 4.69) is 13.8 Å². The number of carboxylic acid groups (broad SMARTS) is 1. The summed E-state index contributed by atoms with van der Waals surface area (Å²) in [6, 6.07) is 9.49. The third-order valence-corrected chi connectivity index (χ3v) is 6.35. The fourth-order valence-corrected chi connectivity index (χ4v) is 4.41. The number of carbonyl (C=O) groups is 2. The number of aliphatic carboxylic acids is 1. The Morgan fingerprint density at radius 1 is 1.30 bits per heavy atom. The summed E-state index contributed by atoms with van der Waals surface area (Å²) >= 11 is 0. The molecule has 2 fully saturated rings. The van der Waals surface area contributed by atoms with Crippen LogP contribution in [0.4, 0.5) is 0 Å². The summed E-state index contributed by atoms with van der Waals surface area (Å²) < 4.78 is 0. The molecule has 1 aromatic rings. The second kappa shape index (κ2) is 5.33. The highest BCUT2D eigenvalue weighted by Crippen LogP contribution is 2.65. The molecule has 23 heavy (non-hydrogen) atoms. The van der Waals surface area contributed by atoms with Gasteiger partial charge in [-0.2, -0.15) is 0 Å². The van der Waals surface area contributed by atoms with Gasteiger partial charge in [-0.15, -0.1) is 0 Å². The predicted molar refractivity (Wildman–Crippen MR) is 86.3 cm³/mol. The zero-order valence-corrected chi connectivity index (χ0v) is 14.0. The van der Waals surface area contributed by atoms with Crippen molar-refractivity contribution in [2.24, 2.45) is 22.7 Å². The number of rotatable bonds is 4. The minimum Gasteiger partial charge on any atom is -0.550 e. The zero-order valence-electron chi connectivity index (χ0n) is 14.0. The van der Waals surface area contributed by atoms with Crippen LogP contribution in [-0.2, 0) is 16.0 Å². The van der Waals surface area contributed by atoms with Crippen LogP contribution in [0.1, 0.15) is 39.2 Å². The van der Waals surface area contributed by atoms with Gasteiger partial charge in [0.15, 0.2) is 5.78 Å². The first kappa shape index (κ1) is 16.0. The van der Waals surface area contributed by atoms with E-state index in [1.165, 1.54) is 0 Å². The van der Waals surface area contributed by atoms with Crippen molar-refractivity contribution in [1.82, 2.24) is 0 Å². The summed E-state index contributed by atoms with van der Waals surface area (Å²) in [6.07, 6.45) is 3.91. The lowest BCUT2D eigenvalue weighted by Gasteiger charge is -2.31. The van der Waals surface area contributed by atoms with Crippen molar-refractivity contribution in [2.75, 3.05) is 0 Å². The topological polar surface area (TPSA) is 57.2 Å². The number of Topliss-reactive ketones (excluding diaryl/α,β-unsaturated/α-hetero) is 1. The molecular formula is C20H23O3-. The molecule has 2 aliphatic carbocycles. The molecular weight excluding hydrogens is 288 g/mol. The lowest BCUT2D eigenvalue weighted by atomic mass is 9.70. The van der Waals surface area contributed by atoms with Gasteiger partial charge in [0.1, 0.15) is 0 Å². The van der Waals surface area contributed by atoms with Gasteiger partial charge in [-0.05, 0) is 41.7 Å². The first-order valence-corrected chi connectivity index (χ1v) is 8.28. The van der Waals surface area contributed by atoms with E-state index in [9.17, 15) is 14.7 Å². The fourth-order valence-electron chi connectivity index (χ4n) is 4.41. The monoisotopic (exact) mass is 311 g/mol. The molecule has 122 valence electrons. The van der Waals surface area contributed by atoms with Crippen LogP contribution in [0.15, 0.2) is 42.0 Å². The van der Waals surface area contributed by atoms with Gasteiger partial charge >= 0.3 is 0 Å². The van der Waals surface area contributed by atoms with E-state index in [1.807, 2.05) is 37.3 Å². The van der Waals surface area contributed by atoms with Gasteiger partial charge in [-0.25, -0.2) is 0 Å². The first-order valence-electron chi connectivity index (χ1n) is 8.28. The normalized spacial score (nSPS) is 31.5. The highest BCUT2D eigenvalue weighted by Gasteiger charge is 2.63. The lowest BCUT2D eigenvalue weighted by molar-refractivity contribution is -0.309. The van der Waals surface area contributed by atoms with Gasteiger partial charge in [0.25, 0.3) is 0 Å². The number of ketones is 1. The lowest BCUT2D eigenvalue weighted by Crippen LogP contribution is -2.33. The molecule has 3 rings (SSSR count). The molecule has 0 spiro atoms. The van der Waals surface area contributed by atoms with Gasteiger partial charge in [0, 0.05) is 17.3 Å². The van der Waals surface area contributed by atoms with Gasteiger partial charge < -0.3 is 9.90 Å². The van der Waals surface area contributed by atoms with Crippen molar-refractivity contribution in [3.8, 4) is 0 Å². The van der Waals surface area contributed by atoms with E-state index in [0.29, 0.717) is 12.0 Å². The maximum Gasteiger partial charge on any atom is 0.165 e. The Morgan fingerprint density at radius 3 is 2.48 bits per heavy atom. The molecule has 0 N–H and O–H groups in total. The van der Waals surface area contributed by atoms with Gasteiger partial charge in [0.2, 0.25) is 0 Å². The van der Waals surface area contributed by atoms with Gasteiger partial charge in [0.05, 0.1) is 0 Å². The van der Waals surface area contributed by atoms with Crippen LogP contribution < -0.4 is 5.11 Å². The molecule has 2 bridgehead atoms. The quantitative estimate of drug-likeness (QED) is 0.803. The van der Waals surface area contributed by atoms with E-state index in [-0.39, 0.29) is 22.5 Å². The van der Waals surface area contributed by atoms with E-state index in [0.717, 1.165) is 18.4 Å². The van der Waals surface area contributed by atoms with Crippen LogP contribution in [0.2, 0.25) is 0 Å². The maximum absolute atomic E-state index is 12.8. The highest BCUT2D eigenvalue weighted by molar-refractivity contribution is 6.05. The average Bonchev–Trinajstić information content (AvgIpc) is 2.81. The summed E-state index contributed by atoms with van der Waals surface area (Å²) in [5, 5.41) is 11.6. The average molecular weight is 311 g/mol. The van der Waals surface area contributed by atoms with E-state index < -0.39 is 11.9 Å². The van der Waals surface area contributed by atoms with Crippen LogP contribution in [0.3, 0.4) is 0 Å². The third kappa shape index (κ3) is 2.34. The van der Waals surface area contributed by atoms with E-state index in [1.54, 1.807) is 6.08 Å². The van der Waals surface area contributed by atoms with Gasteiger partial charge in [-0.1, -0.05) is 57.2 Å². The van der Waals surface area contributed by atoms with Crippen LogP contribution >= 0.6 is 0 Å². The number of hydrogen-bond donors (Lipinski definition) is 0. The van der Waals surface area contributed by atoms with E-state index in [4.69, 9.17) is 0 Å². The molecule has 0 unspecified atom stereocenters. The van der Waals surface area contributed by atoms with Crippen LogP contribution in [0, 0.1) is 22.7 Å². The summed E-state index contributed by atoms with van der Waals surface area (Å²) in [5.41, 5.74) is 1.21. The second-order valence-electron chi connectivity index (χ2n) is 7.71. The first-order chi connectivity index (χ1) is 10.8. The summed E-state index contributed by atoms with van der Waals surface area (Å²) in [6.45, 7) is 6.30. The largest absolute Gasteiger partial charge is 0.550 e. The predicted octanol–water partition coefficient (Wildman–Crippen LogP) is 2.55. The minimum atomic E-state index is -1.11. The Kier molecular flexibility index (Phi) is 3.70. The molecule has 2 aliphatic rings. The van der Waals surface area contributed by atoms with Crippen molar-refractivity contribution >= 4 is 11.8 Å². The Hall–Kier alpha value is -1.90. The Morgan fingerprint density at radius 2 is 1.96 bits per heavy atom. The Labute approximate surface area is 137 Å². The molecule has 0 radical (unpaired) electrons.